The molecule has 33 heavy (non-hydrogen) atoms. The van der Waals surface area contributed by atoms with Crippen LogP contribution in [-0.4, -0.2) is 50.5 Å². The summed E-state index contributed by atoms with van der Waals surface area (Å²) in [5, 5.41) is 10.2. The molecule has 0 saturated carbocycles. The van der Waals surface area contributed by atoms with Crippen LogP contribution in [0.5, 0.6) is 11.5 Å². The maximum atomic E-state index is 13.6. The largest absolute Gasteiger partial charge is 0.454 e. The number of hydrogen-bond donors (Lipinski definition) is 1. The Morgan fingerprint density at radius 1 is 0.939 bits per heavy atom. The lowest BCUT2D eigenvalue weighted by Gasteiger charge is -2.59. The second kappa shape index (κ2) is 7.76. The van der Waals surface area contributed by atoms with Gasteiger partial charge in [0.05, 0.1) is 23.7 Å². The fourth-order valence-electron chi connectivity index (χ4n) is 5.36. The molecule has 0 unspecified atom stereocenters. The van der Waals surface area contributed by atoms with E-state index in [1.54, 1.807) is 24.3 Å². The van der Waals surface area contributed by atoms with E-state index < -0.39 is 10.0 Å². The molecule has 170 valence electrons. The third kappa shape index (κ3) is 3.20. The third-order valence-corrected chi connectivity index (χ3v) is 8.71. The number of benzene rings is 3. The van der Waals surface area contributed by atoms with E-state index in [4.69, 9.17) is 9.47 Å². The standard InChI is InChI=1S/C25H24N2O5S/c28-15-22-25-19-8-4-5-9-20(19)27(33(29,30)18-6-2-1-3-7-18)14-21(25)26(22)13-17-10-11-23-24(12-17)32-16-31-23/h1-12,21-22,25,28H,13-16H2/t21-,22+,25+/m1/s1. The Labute approximate surface area is 192 Å². The summed E-state index contributed by atoms with van der Waals surface area (Å²) in [5.41, 5.74) is 2.70. The summed E-state index contributed by atoms with van der Waals surface area (Å²) in [6, 6.07) is 21.9. The first-order valence-electron chi connectivity index (χ1n) is 11.0. The van der Waals surface area contributed by atoms with Gasteiger partial charge in [0.2, 0.25) is 6.79 Å². The first-order chi connectivity index (χ1) is 16.1. The van der Waals surface area contributed by atoms with E-state index in [0.29, 0.717) is 24.5 Å². The molecule has 3 aliphatic rings. The smallest absolute Gasteiger partial charge is 0.264 e. The Balaban J connectivity index is 1.36. The predicted molar refractivity (Wildman–Crippen MR) is 123 cm³/mol. The van der Waals surface area contributed by atoms with Crippen LogP contribution in [0.25, 0.3) is 0 Å². The van der Waals surface area contributed by atoms with E-state index in [1.165, 1.54) is 4.31 Å². The zero-order valence-electron chi connectivity index (χ0n) is 17.9. The molecule has 3 aliphatic heterocycles. The summed E-state index contributed by atoms with van der Waals surface area (Å²) >= 11 is 0. The molecule has 0 bridgehead atoms. The molecule has 3 atom stereocenters. The van der Waals surface area contributed by atoms with E-state index >= 15 is 0 Å². The fourth-order valence-corrected chi connectivity index (χ4v) is 6.89. The van der Waals surface area contributed by atoms with Crippen molar-refractivity contribution in [1.82, 2.24) is 4.90 Å². The van der Waals surface area contributed by atoms with Gasteiger partial charge >= 0.3 is 0 Å². The molecule has 0 radical (unpaired) electrons. The number of para-hydroxylation sites is 1. The highest BCUT2D eigenvalue weighted by Crippen LogP contribution is 2.50. The van der Waals surface area contributed by atoms with Crippen LogP contribution in [0.1, 0.15) is 17.0 Å². The van der Waals surface area contributed by atoms with Gasteiger partial charge in [0.15, 0.2) is 11.5 Å². The zero-order valence-corrected chi connectivity index (χ0v) is 18.7. The third-order valence-electron chi connectivity index (χ3n) is 6.92. The Hall–Kier alpha value is -3.07. The van der Waals surface area contributed by atoms with Gasteiger partial charge < -0.3 is 14.6 Å². The van der Waals surface area contributed by atoms with Crippen LogP contribution >= 0.6 is 0 Å². The molecule has 6 rings (SSSR count). The first kappa shape index (κ1) is 20.5. The van der Waals surface area contributed by atoms with Crippen molar-refractivity contribution in [3.05, 3.63) is 83.9 Å². The van der Waals surface area contributed by atoms with Gasteiger partial charge in [0.25, 0.3) is 10.0 Å². The molecule has 1 fully saturated rings. The molecule has 7 nitrogen and oxygen atoms in total. The molecule has 0 spiro atoms. The first-order valence-corrected chi connectivity index (χ1v) is 12.4. The maximum absolute atomic E-state index is 13.6. The van der Waals surface area contributed by atoms with Crippen molar-refractivity contribution in [2.75, 3.05) is 24.2 Å². The molecule has 3 aromatic rings. The lowest BCUT2D eigenvalue weighted by atomic mass is 9.72. The van der Waals surface area contributed by atoms with Gasteiger partial charge in [-0.1, -0.05) is 42.5 Å². The number of aliphatic hydroxyl groups is 1. The number of sulfonamides is 1. The average Bonchev–Trinajstić information content (AvgIpc) is 3.31. The Bertz CT molecular complexity index is 1300. The molecule has 0 aromatic heterocycles. The van der Waals surface area contributed by atoms with Crippen molar-refractivity contribution < 1.29 is 23.0 Å². The minimum absolute atomic E-state index is 0.00544. The van der Waals surface area contributed by atoms with E-state index in [-0.39, 0.29) is 36.3 Å². The average molecular weight is 465 g/mol. The summed E-state index contributed by atoms with van der Waals surface area (Å²) in [4.78, 5) is 2.48. The molecule has 1 saturated heterocycles. The van der Waals surface area contributed by atoms with Gasteiger partial charge in [-0.2, -0.15) is 0 Å². The molecular weight excluding hydrogens is 440 g/mol. The Kier molecular flexibility index (Phi) is 4.83. The van der Waals surface area contributed by atoms with Crippen LogP contribution < -0.4 is 13.8 Å². The van der Waals surface area contributed by atoms with Crippen molar-refractivity contribution in [2.45, 2.75) is 29.4 Å². The summed E-state index contributed by atoms with van der Waals surface area (Å²) in [6.07, 6.45) is 0. The summed E-state index contributed by atoms with van der Waals surface area (Å²) in [6.45, 7) is 1.14. The molecule has 8 heteroatoms. The molecule has 3 aromatic carbocycles. The second-order valence-corrected chi connectivity index (χ2v) is 10.5. The van der Waals surface area contributed by atoms with Crippen molar-refractivity contribution in [3.63, 3.8) is 0 Å². The van der Waals surface area contributed by atoms with Crippen LogP contribution in [0.2, 0.25) is 0 Å². The number of likely N-dealkylation sites (tertiary alicyclic amines) is 1. The van der Waals surface area contributed by atoms with Gasteiger partial charge in [0, 0.05) is 24.5 Å². The second-order valence-electron chi connectivity index (χ2n) is 8.61. The number of nitrogens with zero attached hydrogens (tertiary/aromatic N) is 2. The monoisotopic (exact) mass is 464 g/mol. The molecular formula is C25H24N2O5S. The highest BCUT2D eigenvalue weighted by molar-refractivity contribution is 7.92. The number of anilines is 1. The summed E-state index contributed by atoms with van der Waals surface area (Å²) < 4.78 is 39.6. The minimum Gasteiger partial charge on any atom is -0.454 e. The van der Waals surface area contributed by atoms with Crippen LogP contribution in [0.15, 0.2) is 77.7 Å². The van der Waals surface area contributed by atoms with Gasteiger partial charge in [-0.05, 0) is 41.5 Å². The predicted octanol–water partition coefficient (Wildman–Crippen LogP) is 2.95. The lowest BCUT2D eigenvalue weighted by Crippen LogP contribution is -2.68. The highest BCUT2D eigenvalue weighted by Gasteiger charge is 2.54. The SMILES string of the molecule is O=S(=O)(c1ccccc1)N1C[C@@H]2[C@H](c3ccccc31)[C@H](CO)N2Cc1ccc2c(c1)OCO2. The van der Waals surface area contributed by atoms with Crippen LogP contribution in [-0.2, 0) is 16.6 Å². The van der Waals surface area contributed by atoms with Crippen molar-refractivity contribution in [3.8, 4) is 11.5 Å². The quantitative estimate of drug-likeness (QED) is 0.626. The summed E-state index contributed by atoms with van der Waals surface area (Å²) in [5.74, 6) is 1.51. The number of ether oxygens (including phenoxy) is 2. The van der Waals surface area contributed by atoms with E-state index in [9.17, 15) is 13.5 Å². The molecule has 0 aliphatic carbocycles. The number of fused-ring (bicyclic) bond motifs is 4. The van der Waals surface area contributed by atoms with E-state index in [2.05, 4.69) is 4.90 Å². The Morgan fingerprint density at radius 3 is 2.52 bits per heavy atom. The summed E-state index contributed by atoms with van der Waals surface area (Å²) in [7, 11) is -3.72. The van der Waals surface area contributed by atoms with Crippen molar-refractivity contribution in [2.24, 2.45) is 0 Å². The Morgan fingerprint density at radius 2 is 1.70 bits per heavy atom. The lowest BCUT2D eigenvalue weighted by molar-refractivity contribution is -0.0477. The maximum Gasteiger partial charge on any atom is 0.264 e. The van der Waals surface area contributed by atoms with Gasteiger partial charge in [-0.25, -0.2) is 8.42 Å². The topological polar surface area (TPSA) is 79.3 Å². The van der Waals surface area contributed by atoms with Gasteiger partial charge in [0.1, 0.15) is 0 Å². The van der Waals surface area contributed by atoms with E-state index in [0.717, 1.165) is 16.9 Å². The van der Waals surface area contributed by atoms with Crippen LogP contribution in [0.4, 0.5) is 5.69 Å². The molecule has 0 amide bonds. The van der Waals surface area contributed by atoms with Crippen LogP contribution in [0.3, 0.4) is 0 Å². The minimum atomic E-state index is -3.72. The number of rotatable bonds is 5. The number of aliphatic hydroxyl groups excluding tert-OH is 1. The molecule has 1 N–H and O–H groups in total. The van der Waals surface area contributed by atoms with Gasteiger partial charge in [-0.3, -0.25) is 9.21 Å². The van der Waals surface area contributed by atoms with E-state index in [1.807, 2.05) is 48.5 Å². The van der Waals surface area contributed by atoms with Gasteiger partial charge in [-0.15, -0.1) is 0 Å². The fraction of sp³-hybridized carbons (Fsp3) is 0.280. The number of hydrogen-bond acceptors (Lipinski definition) is 6. The van der Waals surface area contributed by atoms with Crippen LogP contribution in [0, 0.1) is 0 Å². The normalized spacial score (nSPS) is 23.5. The van der Waals surface area contributed by atoms with Crippen molar-refractivity contribution >= 4 is 15.7 Å². The molecule has 3 heterocycles. The zero-order chi connectivity index (χ0) is 22.6. The van der Waals surface area contributed by atoms with Crippen molar-refractivity contribution in [1.29, 1.82) is 0 Å². The highest BCUT2D eigenvalue weighted by atomic mass is 32.2.